The monoisotopic (exact) mass is 239 g/mol. The first-order valence-corrected chi connectivity index (χ1v) is 5.69. The Kier molecular flexibility index (Phi) is 5.97. The molecule has 0 aliphatic carbocycles. The molecule has 0 aliphatic heterocycles. The molecule has 17 heavy (non-hydrogen) atoms. The van der Waals surface area contributed by atoms with Crippen molar-refractivity contribution in [3.8, 4) is 5.75 Å². The smallest absolute Gasteiger partial charge is 0.124 e. The molecule has 1 aromatic rings. The SMILES string of the molecule is COCCOC(c1ccccc1OC)C(C)N. The molecular formula is C13H21NO3. The molecule has 0 saturated heterocycles. The molecule has 96 valence electrons. The molecule has 2 atom stereocenters. The summed E-state index contributed by atoms with van der Waals surface area (Å²) in [6.07, 6.45) is -0.179. The maximum absolute atomic E-state index is 5.95. The summed E-state index contributed by atoms with van der Waals surface area (Å²) in [5.74, 6) is 0.798. The van der Waals surface area contributed by atoms with Gasteiger partial charge in [0.15, 0.2) is 0 Å². The van der Waals surface area contributed by atoms with Gasteiger partial charge in [-0.15, -0.1) is 0 Å². The van der Waals surface area contributed by atoms with E-state index >= 15 is 0 Å². The summed E-state index contributed by atoms with van der Waals surface area (Å²) in [6.45, 7) is 2.99. The Balaban J connectivity index is 2.81. The first-order chi connectivity index (χ1) is 8.20. The summed E-state index contributed by atoms with van der Waals surface area (Å²) in [7, 11) is 3.29. The number of para-hydroxylation sites is 1. The number of hydrogen-bond donors (Lipinski definition) is 1. The molecule has 2 N–H and O–H groups in total. The number of benzene rings is 1. The largest absolute Gasteiger partial charge is 0.496 e. The first-order valence-electron chi connectivity index (χ1n) is 5.69. The van der Waals surface area contributed by atoms with Crippen LogP contribution in [0.4, 0.5) is 0 Å². The maximum Gasteiger partial charge on any atom is 0.124 e. The van der Waals surface area contributed by atoms with E-state index in [0.717, 1.165) is 11.3 Å². The van der Waals surface area contributed by atoms with Gasteiger partial charge in [-0.3, -0.25) is 0 Å². The van der Waals surface area contributed by atoms with Gasteiger partial charge in [-0.2, -0.15) is 0 Å². The third-order valence-corrected chi connectivity index (χ3v) is 2.51. The van der Waals surface area contributed by atoms with Crippen molar-refractivity contribution in [1.82, 2.24) is 0 Å². The Morgan fingerprint density at radius 3 is 2.47 bits per heavy atom. The molecule has 0 heterocycles. The minimum atomic E-state index is -0.179. The van der Waals surface area contributed by atoms with Crippen molar-refractivity contribution < 1.29 is 14.2 Å². The first kappa shape index (κ1) is 14.0. The minimum Gasteiger partial charge on any atom is -0.496 e. The van der Waals surface area contributed by atoms with E-state index in [2.05, 4.69) is 0 Å². The molecule has 0 amide bonds. The van der Waals surface area contributed by atoms with Crippen molar-refractivity contribution in [2.24, 2.45) is 5.73 Å². The van der Waals surface area contributed by atoms with E-state index in [-0.39, 0.29) is 12.1 Å². The zero-order valence-electron chi connectivity index (χ0n) is 10.7. The molecular weight excluding hydrogens is 218 g/mol. The highest BCUT2D eigenvalue weighted by molar-refractivity contribution is 5.35. The summed E-state index contributed by atoms with van der Waals surface area (Å²) in [6, 6.07) is 7.65. The van der Waals surface area contributed by atoms with Crippen LogP contribution in [-0.2, 0) is 9.47 Å². The Labute approximate surface area is 103 Å². The molecule has 0 aliphatic rings. The molecule has 0 fully saturated rings. The molecule has 4 nitrogen and oxygen atoms in total. The van der Waals surface area contributed by atoms with Crippen LogP contribution in [0.2, 0.25) is 0 Å². The van der Waals surface area contributed by atoms with Gasteiger partial charge < -0.3 is 19.9 Å². The lowest BCUT2D eigenvalue weighted by Gasteiger charge is -2.23. The van der Waals surface area contributed by atoms with Gasteiger partial charge in [0, 0.05) is 18.7 Å². The van der Waals surface area contributed by atoms with Crippen LogP contribution < -0.4 is 10.5 Å². The molecule has 0 aromatic heterocycles. The highest BCUT2D eigenvalue weighted by Gasteiger charge is 2.20. The standard InChI is InChI=1S/C13H21NO3/c1-10(14)13(17-9-8-15-2)11-6-4-5-7-12(11)16-3/h4-7,10,13H,8-9,14H2,1-3H3. The fraction of sp³-hybridized carbons (Fsp3) is 0.538. The van der Waals surface area contributed by atoms with Crippen molar-refractivity contribution in [1.29, 1.82) is 0 Å². The number of nitrogens with two attached hydrogens (primary N) is 1. The Bertz CT molecular complexity index is 328. The Morgan fingerprint density at radius 1 is 1.18 bits per heavy atom. The predicted molar refractivity (Wildman–Crippen MR) is 67.2 cm³/mol. The van der Waals surface area contributed by atoms with Crippen molar-refractivity contribution in [2.45, 2.75) is 19.1 Å². The van der Waals surface area contributed by atoms with E-state index in [1.165, 1.54) is 0 Å². The average molecular weight is 239 g/mol. The second kappa shape index (κ2) is 7.27. The zero-order chi connectivity index (χ0) is 12.7. The summed E-state index contributed by atoms with van der Waals surface area (Å²) < 4.78 is 16.0. The van der Waals surface area contributed by atoms with Gasteiger partial charge in [0.2, 0.25) is 0 Å². The quantitative estimate of drug-likeness (QED) is 0.736. The molecule has 0 radical (unpaired) electrons. The van der Waals surface area contributed by atoms with Crippen molar-refractivity contribution in [3.63, 3.8) is 0 Å². The Hall–Kier alpha value is -1.10. The molecule has 1 aromatic carbocycles. The number of ether oxygens (including phenoxy) is 3. The van der Waals surface area contributed by atoms with Gasteiger partial charge in [0.25, 0.3) is 0 Å². The summed E-state index contributed by atoms with van der Waals surface area (Å²) in [5, 5.41) is 0. The molecule has 0 spiro atoms. The van der Waals surface area contributed by atoms with Crippen molar-refractivity contribution in [2.75, 3.05) is 27.4 Å². The second-order valence-corrected chi connectivity index (χ2v) is 3.89. The third kappa shape index (κ3) is 4.00. The van der Waals surface area contributed by atoms with Crippen LogP contribution in [-0.4, -0.2) is 33.5 Å². The van der Waals surface area contributed by atoms with Crippen LogP contribution in [0.5, 0.6) is 5.75 Å². The fourth-order valence-electron chi connectivity index (χ4n) is 1.68. The summed E-state index contributed by atoms with van der Waals surface area (Å²) >= 11 is 0. The normalized spacial score (nSPS) is 14.4. The van der Waals surface area contributed by atoms with Crippen LogP contribution in [0.1, 0.15) is 18.6 Å². The third-order valence-electron chi connectivity index (χ3n) is 2.51. The summed E-state index contributed by atoms with van der Waals surface area (Å²) in [5.41, 5.74) is 6.93. The van der Waals surface area contributed by atoms with E-state index < -0.39 is 0 Å². The van der Waals surface area contributed by atoms with Gasteiger partial charge in [-0.1, -0.05) is 18.2 Å². The van der Waals surface area contributed by atoms with Gasteiger partial charge in [-0.05, 0) is 13.0 Å². The van der Waals surface area contributed by atoms with E-state index in [1.54, 1.807) is 14.2 Å². The molecule has 2 unspecified atom stereocenters. The van der Waals surface area contributed by atoms with Crippen LogP contribution in [0.3, 0.4) is 0 Å². The van der Waals surface area contributed by atoms with Gasteiger partial charge in [0.05, 0.1) is 20.3 Å². The molecule has 0 saturated carbocycles. The fourth-order valence-corrected chi connectivity index (χ4v) is 1.68. The summed E-state index contributed by atoms with van der Waals surface area (Å²) in [4.78, 5) is 0. The van der Waals surface area contributed by atoms with Gasteiger partial charge in [-0.25, -0.2) is 0 Å². The number of rotatable bonds is 7. The van der Waals surface area contributed by atoms with Gasteiger partial charge in [0.1, 0.15) is 11.9 Å². The van der Waals surface area contributed by atoms with Crippen molar-refractivity contribution >= 4 is 0 Å². The maximum atomic E-state index is 5.95. The molecule has 0 bridgehead atoms. The van der Waals surface area contributed by atoms with Crippen LogP contribution in [0.25, 0.3) is 0 Å². The lowest BCUT2D eigenvalue weighted by molar-refractivity contribution is 0.00511. The second-order valence-electron chi connectivity index (χ2n) is 3.89. The van der Waals surface area contributed by atoms with E-state index in [1.807, 2.05) is 31.2 Å². The number of methoxy groups -OCH3 is 2. The van der Waals surface area contributed by atoms with E-state index in [9.17, 15) is 0 Å². The zero-order valence-corrected chi connectivity index (χ0v) is 10.7. The van der Waals surface area contributed by atoms with Crippen LogP contribution in [0.15, 0.2) is 24.3 Å². The van der Waals surface area contributed by atoms with E-state index in [4.69, 9.17) is 19.9 Å². The lowest BCUT2D eigenvalue weighted by Crippen LogP contribution is -2.28. The lowest BCUT2D eigenvalue weighted by atomic mass is 10.0. The van der Waals surface area contributed by atoms with Crippen molar-refractivity contribution in [3.05, 3.63) is 29.8 Å². The topological polar surface area (TPSA) is 53.7 Å². The van der Waals surface area contributed by atoms with Crippen LogP contribution >= 0.6 is 0 Å². The van der Waals surface area contributed by atoms with E-state index in [0.29, 0.717) is 13.2 Å². The minimum absolute atomic E-state index is 0.108. The number of hydrogen-bond acceptors (Lipinski definition) is 4. The molecule has 4 heteroatoms. The molecule has 1 rings (SSSR count). The van der Waals surface area contributed by atoms with Crippen LogP contribution in [0, 0.1) is 0 Å². The average Bonchev–Trinajstić information content (AvgIpc) is 2.34. The van der Waals surface area contributed by atoms with Gasteiger partial charge >= 0.3 is 0 Å². The highest BCUT2D eigenvalue weighted by atomic mass is 16.5. The predicted octanol–water partition coefficient (Wildman–Crippen LogP) is 1.75. The Morgan fingerprint density at radius 2 is 1.88 bits per heavy atom. The highest BCUT2D eigenvalue weighted by Crippen LogP contribution is 2.29.